The second-order valence-corrected chi connectivity index (χ2v) is 5.36. The Labute approximate surface area is 140 Å². The van der Waals surface area contributed by atoms with Crippen LogP contribution in [0.15, 0.2) is 60.8 Å². The van der Waals surface area contributed by atoms with Gasteiger partial charge in [-0.2, -0.15) is 0 Å². The fourth-order valence-corrected chi connectivity index (χ4v) is 2.52. The van der Waals surface area contributed by atoms with Crippen LogP contribution in [0.2, 0.25) is 0 Å². The van der Waals surface area contributed by atoms with Crippen molar-refractivity contribution < 1.29 is 9.53 Å². The molecule has 5 nitrogen and oxygen atoms in total. The Morgan fingerprint density at radius 2 is 1.96 bits per heavy atom. The normalized spacial score (nSPS) is 10.4. The molecule has 2 aromatic carbocycles. The molecule has 0 atom stereocenters. The summed E-state index contributed by atoms with van der Waals surface area (Å²) < 4.78 is 5.20. The van der Waals surface area contributed by atoms with Gasteiger partial charge in [-0.15, -0.1) is 0 Å². The van der Waals surface area contributed by atoms with Crippen LogP contribution in [0, 0.1) is 0 Å². The first-order valence-electron chi connectivity index (χ1n) is 7.78. The minimum Gasteiger partial charge on any atom is -0.497 e. The Morgan fingerprint density at radius 3 is 2.83 bits per heavy atom. The molecule has 3 aromatic rings. The maximum atomic E-state index is 12.1. The van der Waals surface area contributed by atoms with Crippen LogP contribution in [0.5, 0.6) is 5.75 Å². The molecule has 0 radical (unpaired) electrons. The van der Waals surface area contributed by atoms with Gasteiger partial charge < -0.3 is 15.4 Å². The quantitative estimate of drug-likeness (QED) is 0.754. The molecular weight excluding hydrogens is 302 g/mol. The number of amides is 2. The summed E-state index contributed by atoms with van der Waals surface area (Å²) in [6, 6.07) is 17.1. The Bertz CT molecular complexity index is 843. The Hall–Kier alpha value is -3.08. The number of nitrogens with zero attached hydrogens (tertiary/aromatic N) is 1. The van der Waals surface area contributed by atoms with E-state index < -0.39 is 0 Å². The van der Waals surface area contributed by atoms with E-state index >= 15 is 0 Å². The van der Waals surface area contributed by atoms with Crippen LogP contribution in [-0.4, -0.2) is 24.7 Å². The number of rotatable bonds is 5. The molecule has 0 fully saturated rings. The molecule has 2 amide bonds. The van der Waals surface area contributed by atoms with Gasteiger partial charge in [-0.3, -0.25) is 4.98 Å². The van der Waals surface area contributed by atoms with Crippen LogP contribution in [0.4, 0.5) is 10.5 Å². The highest BCUT2D eigenvalue weighted by Crippen LogP contribution is 2.20. The molecule has 0 spiro atoms. The fraction of sp³-hybridized carbons (Fsp3) is 0.158. The molecule has 3 rings (SSSR count). The van der Waals surface area contributed by atoms with Crippen LogP contribution >= 0.6 is 0 Å². The summed E-state index contributed by atoms with van der Waals surface area (Å²) in [5.41, 5.74) is 2.59. The van der Waals surface area contributed by atoms with Crippen LogP contribution in [-0.2, 0) is 6.42 Å². The number of aromatic nitrogens is 1. The molecule has 1 aromatic heterocycles. The third-order valence-corrected chi connectivity index (χ3v) is 3.71. The number of benzene rings is 2. The lowest BCUT2D eigenvalue weighted by atomic mass is 10.1. The van der Waals surface area contributed by atoms with E-state index in [2.05, 4.69) is 15.6 Å². The Kier molecular flexibility index (Phi) is 4.91. The van der Waals surface area contributed by atoms with Gasteiger partial charge in [0.15, 0.2) is 0 Å². The first kappa shape index (κ1) is 15.8. The average Bonchev–Trinajstić information content (AvgIpc) is 2.62. The number of carbonyl (C=O) groups excluding carboxylic acids is 1. The second-order valence-electron chi connectivity index (χ2n) is 5.36. The third kappa shape index (κ3) is 3.81. The van der Waals surface area contributed by atoms with E-state index in [0.29, 0.717) is 12.2 Å². The largest absolute Gasteiger partial charge is 0.497 e. The maximum absolute atomic E-state index is 12.1. The highest BCUT2D eigenvalue weighted by molar-refractivity contribution is 5.99. The topological polar surface area (TPSA) is 63.2 Å². The summed E-state index contributed by atoms with van der Waals surface area (Å²) in [7, 11) is 1.64. The molecule has 24 heavy (non-hydrogen) atoms. The first-order valence-corrected chi connectivity index (χ1v) is 7.78. The monoisotopic (exact) mass is 321 g/mol. The van der Waals surface area contributed by atoms with Crippen molar-refractivity contribution in [2.75, 3.05) is 19.0 Å². The standard InChI is InChI=1S/C19H19N3O2/c1-24-16-8-2-5-14(13-16)10-12-21-19(23)22-17-9-3-6-15-7-4-11-20-18(15)17/h2-9,11,13H,10,12H2,1H3,(H2,21,22,23). The second kappa shape index (κ2) is 7.46. The number of fused-ring (bicyclic) bond motifs is 1. The predicted molar refractivity (Wildman–Crippen MR) is 95.5 cm³/mol. The summed E-state index contributed by atoms with van der Waals surface area (Å²) in [4.78, 5) is 16.4. The van der Waals surface area contributed by atoms with Crippen LogP contribution in [0.3, 0.4) is 0 Å². The smallest absolute Gasteiger partial charge is 0.319 e. The van der Waals surface area contributed by atoms with Gasteiger partial charge in [0.05, 0.1) is 18.3 Å². The van der Waals surface area contributed by atoms with Gasteiger partial charge >= 0.3 is 6.03 Å². The molecule has 1 heterocycles. The SMILES string of the molecule is COc1cccc(CCNC(=O)Nc2cccc3cccnc23)c1. The molecule has 122 valence electrons. The third-order valence-electron chi connectivity index (χ3n) is 3.71. The summed E-state index contributed by atoms with van der Waals surface area (Å²) in [5.74, 6) is 0.818. The van der Waals surface area contributed by atoms with Gasteiger partial charge in [0, 0.05) is 18.1 Å². The number of hydrogen-bond acceptors (Lipinski definition) is 3. The van der Waals surface area contributed by atoms with E-state index in [0.717, 1.165) is 28.6 Å². The zero-order chi connectivity index (χ0) is 16.8. The molecule has 2 N–H and O–H groups in total. The summed E-state index contributed by atoms with van der Waals surface area (Å²) in [5, 5.41) is 6.71. The minimum atomic E-state index is -0.240. The number of anilines is 1. The van der Waals surface area contributed by atoms with Gasteiger partial charge in [-0.25, -0.2) is 4.79 Å². The highest BCUT2D eigenvalue weighted by Gasteiger charge is 2.06. The number of carbonyl (C=O) groups is 1. The number of methoxy groups -OCH3 is 1. The highest BCUT2D eigenvalue weighted by atomic mass is 16.5. The van der Waals surface area contributed by atoms with Crippen molar-refractivity contribution in [1.82, 2.24) is 10.3 Å². The van der Waals surface area contributed by atoms with Crippen LogP contribution < -0.4 is 15.4 Å². The average molecular weight is 321 g/mol. The van der Waals surface area contributed by atoms with E-state index in [1.54, 1.807) is 13.3 Å². The zero-order valence-corrected chi connectivity index (χ0v) is 13.5. The van der Waals surface area contributed by atoms with Gasteiger partial charge in [0.1, 0.15) is 5.75 Å². The van der Waals surface area contributed by atoms with Crippen molar-refractivity contribution in [3.8, 4) is 5.75 Å². The van der Waals surface area contributed by atoms with Crippen LogP contribution in [0.1, 0.15) is 5.56 Å². The Morgan fingerprint density at radius 1 is 1.12 bits per heavy atom. The van der Waals surface area contributed by atoms with E-state index in [-0.39, 0.29) is 6.03 Å². The van der Waals surface area contributed by atoms with Crippen molar-refractivity contribution in [3.63, 3.8) is 0 Å². The van der Waals surface area contributed by atoms with Crippen LogP contribution in [0.25, 0.3) is 10.9 Å². The van der Waals surface area contributed by atoms with Gasteiger partial charge in [-0.1, -0.05) is 30.3 Å². The van der Waals surface area contributed by atoms with Crippen molar-refractivity contribution >= 4 is 22.6 Å². The fourth-order valence-electron chi connectivity index (χ4n) is 2.52. The van der Waals surface area contributed by atoms with Crippen molar-refractivity contribution in [2.24, 2.45) is 0 Å². The predicted octanol–water partition coefficient (Wildman–Crippen LogP) is 3.61. The number of pyridine rings is 1. The number of ether oxygens (including phenoxy) is 1. The molecule has 0 bridgehead atoms. The molecule has 0 aliphatic rings. The first-order chi connectivity index (χ1) is 11.8. The van der Waals surface area contributed by atoms with Crippen molar-refractivity contribution in [3.05, 3.63) is 66.4 Å². The van der Waals surface area contributed by atoms with E-state index in [1.807, 2.05) is 54.6 Å². The summed E-state index contributed by atoms with van der Waals surface area (Å²) in [6.07, 6.45) is 2.45. The van der Waals surface area contributed by atoms with E-state index in [4.69, 9.17) is 4.74 Å². The molecule has 0 unspecified atom stereocenters. The zero-order valence-electron chi connectivity index (χ0n) is 13.5. The lowest BCUT2D eigenvalue weighted by molar-refractivity contribution is 0.252. The number of para-hydroxylation sites is 1. The van der Waals surface area contributed by atoms with Crippen molar-refractivity contribution in [1.29, 1.82) is 0 Å². The summed E-state index contributed by atoms with van der Waals surface area (Å²) in [6.45, 7) is 0.539. The van der Waals surface area contributed by atoms with E-state index in [9.17, 15) is 4.79 Å². The molecular formula is C19H19N3O2. The molecule has 0 aliphatic heterocycles. The van der Waals surface area contributed by atoms with Gasteiger partial charge in [-0.05, 0) is 36.2 Å². The summed E-state index contributed by atoms with van der Waals surface area (Å²) >= 11 is 0. The molecule has 5 heteroatoms. The molecule has 0 saturated heterocycles. The lowest BCUT2D eigenvalue weighted by Crippen LogP contribution is -2.30. The van der Waals surface area contributed by atoms with Gasteiger partial charge in [0.2, 0.25) is 0 Å². The van der Waals surface area contributed by atoms with Gasteiger partial charge in [0.25, 0.3) is 0 Å². The molecule has 0 saturated carbocycles. The van der Waals surface area contributed by atoms with E-state index in [1.165, 1.54) is 0 Å². The van der Waals surface area contributed by atoms with Crippen molar-refractivity contribution in [2.45, 2.75) is 6.42 Å². The number of nitrogens with one attached hydrogen (secondary N) is 2. The molecule has 0 aliphatic carbocycles. The maximum Gasteiger partial charge on any atom is 0.319 e. The minimum absolute atomic E-state index is 0.240. The number of hydrogen-bond donors (Lipinski definition) is 2. The lowest BCUT2D eigenvalue weighted by Gasteiger charge is -2.10. The number of urea groups is 1. The Balaban J connectivity index is 1.57.